The minimum atomic E-state index is -1.06. The van der Waals surface area contributed by atoms with Crippen LogP contribution in [0.4, 0.5) is 8.78 Å². The van der Waals surface area contributed by atoms with Crippen molar-refractivity contribution < 1.29 is 18.6 Å². The Kier molecular flexibility index (Phi) is 7.41. The van der Waals surface area contributed by atoms with E-state index in [0.29, 0.717) is 5.69 Å². The number of aromatic nitrogens is 2. The lowest BCUT2D eigenvalue weighted by atomic mass is 10.1. The zero-order valence-electron chi connectivity index (χ0n) is 14.7. The molecule has 0 aliphatic carbocycles. The summed E-state index contributed by atoms with van der Waals surface area (Å²) in [5.41, 5.74) is 0.883. The number of rotatable bonds is 9. The highest BCUT2D eigenvalue weighted by molar-refractivity contribution is 5.61. The molecule has 0 fully saturated rings. The van der Waals surface area contributed by atoms with Gasteiger partial charge in [-0.25, -0.2) is 4.39 Å². The van der Waals surface area contributed by atoms with Crippen LogP contribution in [0.2, 0.25) is 0 Å². The summed E-state index contributed by atoms with van der Waals surface area (Å²) in [6.07, 6.45) is 7.34. The number of allylic oxidation sites excluding steroid dienone is 1. The number of hydrogen-bond acceptors (Lipinski definition) is 4. The third-order valence-electron chi connectivity index (χ3n) is 3.65. The van der Waals surface area contributed by atoms with Crippen LogP contribution in [0.1, 0.15) is 31.9 Å². The molecule has 0 radical (unpaired) electrons. The Bertz CT molecular complexity index is 759. The Labute approximate surface area is 151 Å². The van der Waals surface area contributed by atoms with Gasteiger partial charge in [0, 0.05) is 5.56 Å². The predicted octanol–water partition coefficient (Wildman–Crippen LogP) is 4.55. The van der Waals surface area contributed by atoms with Crippen LogP contribution in [0, 0.1) is 11.6 Å². The highest BCUT2D eigenvalue weighted by atomic mass is 19.2. The minimum absolute atomic E-state index is 0.0217. The van der Waals surface area contributed by atoms with Gasteiger partial charge < -0.3 is 9.84 Å². The summed E-state index contributed by atoms with van der Waals surface area (Å²) in [5.74, 6) is -2.26. The zero-order chi connectivity index (χ0) is 18.9. The molecule has 0 aliphatic rings. The first-order valence-corrected chi connectivity index (χ1v) is 8.43. The van der Waals surface area contributed by atoms with Crippen molar-refractivity contribution >= 4 is 6.08 Å². The third-order valence-corrected chi connectivity index (χ3v) is 3.65. The molecular weight excluding hydrogens is 338 g/mol. The van der Waals surface area contributed by atoms with Crippen molar-refractivity contribution in [3.05, 3.63) is 60.3 Å². The van der Waals surface area contributed by atoms with Gasteiger partial charge in [-0.05, 0) is 56.5 Å². The van der Waals surface area contributed by atoms with E-state index in [1.807, 2.05) is 12.2 Å². The first-order chi connectivity index (χ1) is 12.5. The number of halogens is 2. The highest BCUT2D eigenvalue weighted by Crippen LogP contribution is 2.28. The minimum Gasteiger partial charge on any atom is -0.486 e. The van der Waals surface area contributed by atoms with E-state index in [2.05, 4.69) is 16.8 Å². The van der Waals surface area contributed by atoms with Crippen molar-refractivity contribution in [1.29, 1.82) is 0 Å². The Balaban J connectivity index is 2.07. The number of nitrogens with zero attached hydrogens (tertiary/aromatic N) is 2. The molecule has 1 heterocycles. The summed E-state index contributed by atoms with van der Waals surface area (Å²) in [6, 6.07) is 6.04. The summed E-state index contributed by atoms with van der Waals surface area (Å²) < 4.78 is 33.3. The van der Waals surface area contributed by atoms with Crippen LogP contribution in [0.15, 0.2) is 43.0 Å². The molecule has 0 bridgehead atoms. The number of hydrogen-bond donors (Lipinski definition) is 1. The van der Waals surface area contributed by atoms with E-state index in [4.69, 9.17) is 4.74 Å². The molecule has 1 atom stereocenters. The number of aliphatic hydroxyl groups excluding tert-OH is 1. The molecule has 4 nitrogen and oxygen atoms in total. The maximum atomic E-state index is 14.2. The first kappa shape index (κ1) is 19.7. The second-order valence-electron chi connectivity index (χ2n) is 5.86. The normalized spacial score (nSPS) is 12.3. The molecule has 1 N–H and O–H groups in total. The Morgan fingerprint density at radius 1 is 1.19 bits per heavy atom. The van der Waals surface area contributed by atoms with Crippen molar-refractivity contribution in [2.45, 2.75) is 32.3 Å². The fourth-order valence-corrected chi connectivity index (χ4v) is 2.30. The van der Waals surface area contributed by atoms with Crippen LogP contribution < -0.4 is 4.74 Å². The fraction of sp³-hybridized carbons (Fsp3) is 0.300. The molecule has 0 saturated carbocycles. The highest BCUT2D eigenvalue weighted by Gasteiger charge is 2.16. The van der Waals surface area contributed by atoms with E-state index in [-0.39, 0.29) is 29.7 Å². The molecule has 2 rings (SSSR count). The fourth-order valence-electron chi connectivity index (χ4n) is 2.30. The number of ether oxygens (including phenoxy) is 1. The number of unbranched alkanes of at least 4 members (excludes halogenated alkanes) is 1. The van der Waals surface area contributed by atoms with E-state index in [0.717, 1.165) is 19.3 Å². The van der Waals surface area contributed by atoms with Gasteiger partial charge in [-0.2, -0.15) is 9.49 Å². The van der Waals surface area contributed by atoms with Gasteiger partial charge in [0.05, 0.1) is 17.5 Å². The van der Waals surface area contributed by atoms with E-state index >= 15 is 0 Å². The largest absolute Gasteiger partial charge is 0.486 e. The molecule has 1 aromatic carbocycles. The first-order valence-electron chi connectivity index (χ1n) is 8.43. The van der Waals surface area contributed by atoms with Gasteiger partial charge in [0.25, 0.3) is 0 Å². The molecule has 0 saturated heterocycles. The molecule has 6 heteroatoms. The molecule has 138 valence electrons. The lowest BCUT2D eigenvalue weighted by Crippen LogP contribution is -2.00. The van der Waals surface area contributed by atoms with Gasteiger partial charge >= 0.3 is 0 Å². The van der Waals surface area contributed by atoms with Crippen LogP contribution >= 0.6 is 0 Å². The van der Waals surface area contributed by atoms with Crippen LogP contribution in [-0.2, 0) is 0 Å². The number of aliphatic hydroxyl groups is 1. The van der Waals surface area contributed by atoms with E-state index in [1.54, 1.807) is 19.1 Å². The second kappa shape index (κ2) is 9.77. The predicted molar refractivity (Wildman–Crippen MR) is 97.6 cm³/mol. The van der Waals surface area contributed by atoms with Crippen LogP contribution in [0.5, 0.6) is 5.75 Å². The van der Waals surface area contributed by atoms with Crippen molar-refractivity contribution in [2.24, 2.45) is 0 Å². The maximum Gasteiger partial charge on any atom is 0.201 e. The van der Waals surface area contributed by atoms with Gasteiger partial charge in [0.2, 0.25) is 5.82 Å². The molecule has 1 aromatic heterocycles. The molecule has 0 aliphatic heterocycles. The zero-order valence-corrected chi connectivity index (χ0v) is 14.7. The summed E-state index contributed by atoms with van der Waals surface area (Å²) in [4.78, 5) is 0. The van der Waals surface area contributed by atoms with Crippen LogP contribution in [-0.4, -0.2) is 28.0 Å². The van der Waals surface area contributed by atoms with Crippen molar-refractivity contribution in [3.8, 4) is 17.0 Å². The SMILES string of the molecule is C=CCOc1ccc(-c2ccc(C=CCCCC(C)O)nn2)c(F)c1F. The summed E-state index contributed by atoms with van der Waals surface area (Å²) in [5, 5.41) is 17.2. The quantitative estimate of drug-likeness (QED) is 0.526. The Morgan fingerprint density at radius 3 is 2.65 bits per heavy atom. The van der Waals surface area contributed by atoms with Gasteiger partial charge in [-0.15, -0.1) is 5.10 Å². The Hall–Kier alpha value is -2.60. The van der Waals surface area contributed by atoms with Crippen LogP contribution in [0.3, 0.4) is 0 Å². The molecular formula is C20H22F2N2O2. The molecule has 0 amide bonds. The van der Waals surface area contributed by atoms with Crippen molar-refractivity contribution in [3.63, 3.8) is 0 Å². The van der Waals surface area contributed by atoms with Crippen molar-refractivity contribution in [2.75, 3.05) is 6.61 Å². The Morgan fingerprint density at radius 2 is 2.00 bits per heavy atom. The standard InChI is InChI=1S/C20H22F2N2O2/c1-3-13-26-18-12-10-16(19(21)20(18)22)17-11-9-15(23-24-17)8-6-4-5-7-14(2)25/h3,6,8-12,14,25H,1,4-5,7,13H2,2H3. The lowest BCUT2D eigenvalue weighted by molar-refractivity contribution is 0.182. The van der Waals surface area contributed by atoms with Gasteiger partial charge in [-0.1, -0.05) is 18.7 Å². The lowest BCUT2D eigenvalue weighted by Gasteiger charge is -2.08. The van der Waals surface area contributed by atoms with E-state index in [9.17, 15) is 13.9 Å². The molecule has 2 aromatic rings. The van der Waals surface area contributed by atoms with E-state index in [1.165, 1.54) is 18.2 Å². The van der Waals surface area contributed by atoms with E-state index < -0.39 is 11.6 Å². The van der Waals surface area contributed by atoms with Crippen LogP contribution in [0.25, 0.3) is 17.3 Å². The third kappa shape index (κ3) is 5.46. The average molecular weight is 360 g/mol. The van der Waals surface area contributed by atoms with Gasteiger partial charge in [0.1, 0.15) is 6.61 Å². The molecule has 26 heavy (non-hydrogen) atoms. The summed E-state index contributed by atoms with van der Waals surface area (Å²) in [6.45, 7) is 5.31. The van der Waals surface area contributed by atoms with Gasteiger partial charge in [-0.3, -0.25) is 0 Å². The van der Waals surface area contributed by atoms with Crippen molar-refractivity contribution in [1.82, 2.24) is 10.2 Å². The summed E-state index contributed by atoms with van der Waals surface area (Å²) >= 11 is 0. The molecule has 0 spiro atoms. The maximum absolute atomic E-state index is 14.2. The molecule has 1 unspecified atom stereocenters. The van der Waals surface area contributed by atoms with Gasteiger partial charge in [0.15, 0.2) is 11.6 Å². The summed E-state index contributed by atoms with van der Waals surface area (Å²) in [7, 11) is 0. The number of benzene rings is 1. The smallest absolute Gasteiger partial charge is 0.201 e. The topological polar surface area (TPSA) is 55.2 Å². The monoisotopic (exact) mass is 360 g/mol. The average Bonchev–Trinajstić information content (AvgIpc) is 2.63. The second-order valence-corrected chi connectivity index (χ2v) is 5.86.